The van der Waals surface area contributed by atoms with Crippen molar-refractivity contribution >= 4 is 23.9 Å². The Bertz CT molecular complexity index is 629. The minimum Gasteiger partial charge on any atom is -0.598 e. The van der Waals surface area contributed by atoms with Gasteiger partial charge in [0.15, 0.2) is 0 Å². The summed E-state index contributed by atoms with van der Waals surface area (Å²) in [5, 5.41) is 0. The van der Waals surface area contributed by atoms with Crippen LogP contribution >= 0.6 is 0 Å². The Labute approximate surface area is 161 Å². The maximum Gasteiger partial charge on any atom is 0.494 e. The van der Waals surface area contributed by atoms with Gasteiger partial charge in [-0.25, -0.2) is 0 Å². The summed E-state index contributed by atoms with van der Waals surface area (Å²) in [5.74, 6) is 0.725. The maximum atomic E-state index is 12.4. The summed E-state index contributed by atoms with van der Waals surface area (Å²) in [6.45, 7) is 16.0. The van der Waals surface area contributed by atoms with Gasteiger partial charge in [-0.05, 0) is 66.9 Å². The predicted molar refractivity (Wildman–Crippen MR) is 108 cm³/mol. The molecule has 0 aliphatic carbocycles. The Morgan fingerprint density at radius 1 is 1.15 bits per heavy atom. The molecule has 1 aliphatic heterocycles. The number of hydrogen-bond acceptors (Lipinski definition) is 5. The van der Waals surface area contributed by atoms with Crippen LogP contribution in [0.3, 0.4) is 0 Å². The van der Waals surface area contributed by atoms with Crippen molar-refractivity contribution in [1.82, 2.24) is 4.72 Å². The van der Waals surface area contributed by atoms with E-state index in [9.17, 15) is 4.55 Å². The normalized spacial score (nSPS) is 21.5. The summed E-state index contributed by atoms with van der Waals surface area (Å²) in [6.07, 6.45) is 0. The van der Waals surface area contributed by atoms with Crippen LogP contribution < -0.4 is 14.9 Å². The predicted octanol–water partition coefficient (Wildman–Crippen LogP) is 3.11. The standard InChI is InChI=1S/C19H32BNO4S/c1-13(21-26(22)17(2,3)4)15-11-10-14(12-16(15)23-9)20-24-18(5,6)19(7,8)25-20/h10-13,21H,1-9H3/t13-,26+/m0/s1. The maximum absolute atomic E-state index is 12.4. The molecule has 1 heterocycles. The molecule has 1 aromatic rings. The molecule has 1 aromatic carbocycles. The van der Waals surface area contributed by atoms with Crippen LogP contribution in [0, 0.1) is 0 Å². The smallest absolute Gasteiger partial charge is 0.494 e. The van der Waals surface area contributed by atoms with Gasteiger partial charge in [0.2, 0.25) is 0 Å². The molecule has 1 saturated heterocycles. The van der Waals surface area contributed by atoms with Gasteiger partial charge in [0.05, 0.1) is 24.4 Å². The first-order chi connectivity index (χ1) is 11.8. The summed E-state index contributed by atoms with van der Waals surface area (Å²) in [5.41, 5.74) is 1.09. The van der Waals surface area contributed by atoms with Crippen LogP contribution in [-0.4, -0.2) is 34.7 Å². The van der Waals surface area contributed by atoms with Crippen molar-refractivity contribution in [1.29, 1.82) is 0 Å². The number of rotatable bonds is 5. The van der Waals surface area contributed by atoms with E-state index in [-0.39, 0.29) is 22.0 Å². The lowest BCUT2D eigenvalue weighted by Gasteiger charge is -2.32. The third-order valence-electron chi connectivity index (χ3n) is 5.09. The molecular weight excluding hydrogens is 349 g/mol. The highest BCUT2D eigenvalue weighted by Crippen LogP contribution is 2.37. The zero-order chi connectivity index (χ0) is 19.9. The van der Waals surface area contributed by atoms with Gasteiger partial charge in [-0.15, -0.1) is 4.72 Å². The van der Waals surface area contributed by atoms with E-state index in [4.69, 9.17) is 14.0 Å². The van der Waals surface area contributed by atoms with E-state index in [2.05, 4.69) is 4.72 Å². The van der Waals surface area contributed by atoms with Gasteiger partial charge in [0, 0.05) is 16.9 Å². The van der Waals surface area contributed by atoms with Crippen molar-refractivity contribution < 1.29 is 18.6 Å². The second-order valence-electron chi connectivity index (χ2n) is 8.81. The quantitative estimate of drug-likeness (QED) is 0.627. The van der Waals surface area contributed by atoms with Crippen molar-refractivity contribution in [2.45, 2.75) is 77.4 Å². The van der Waals surface area contributed by atoms with Crippen LogP contribution in [0.2, 0.25) is 0 Å². The molecule has 1 N–H and O–H groups in total. The highest BCUT2D eigenvalue weighted by atomic mass is 32.2. The highest BCUT2D eigenvalue weighted by Gasteiger charge is 2.51. The van der Waals surface area contributed by atoms with E-state index in [1.807, 2.05) is 73.6 Å². The number of ether oxygens (including phenoxy) is 1. The topological polar surface area (TPSA) is 62.8 Å². The van der Waals surface area contributed by atoms with Crippen molar-refractivity contribution in [3.05, 3.63) is 23.8 Å². The van der Waals surface area contributed by atoms with Crippen LogP contribution in [0.25, 0.3) is 0 Å². The average Bonchev–Trinajstić information content (AvgIpc) is 2.73. The second kappa shape index (κ2) is 7.36. The Hall–Kier alpha value is -0.725. The first-order valence-corrected chi connectivity index (χ1v) is 10.1. The first kappa shape index (κ1) is 21.6. The van der Waals surface area contributed by atoms with Gasteiger partial charge in [0.1, 0.15) is 10.5 Å². The van der Waals surface area contributed by atoms with E-state index in [1.54, 1.807) is 7.11 Å². The summed E-state index contributed by atoms with van der Waals surface area (Å²) in [6, 6.07) is 5.79. The molecule has 2 rings (SSSR count). The number of nitrogens with one attached hydrogen (secondary N) is 1. The van der Waals surface area contributed by atoms with Crippen molar-refractivity contribution in [3.63, 3.8) is 0 Å². The Morgan fingerprint density at radius 3 is 2.15 bits per heavy atom. The molecular formula is C19H32BNO4S. The van der Waals surface area contributed by atoms with Crippen LogP contribution in [0.5, 0.6) is 5.75 Å². The second-order valence-corrected chi connectivity index (χ2v) is 10.8. The summed E-state index contributed by atoms with van der Waals surface area (Å²) < 4.78 is 33.0. The number of methoxy groups -OCH3 is 1. The highest BCUT2D eigenvalue weighted by molar-refractivity contribution is 7.90. The summed E-state index contributed by atoms with van der Waals surface area (Å²) in [7, 11) is 1.20. The van der Waals surface area contributed by atoms with Gasteiger partial charge >= 0.3 is 7.12 Å². The molecule has 0 radical (unpaired) electrons. The lowest BCUT2D eigenvalue weighted by atomic mass is 9.78. The van der Waals surface area contributed by atoms with Crippen LogP contribution in [0.1, 0.15) is 67.0 Å². The molecule has 1 aliphatic rings. The summed E-state index contributed by atoms with van der Waals surface area (Å²) >= 11 is -1.16. The average molecular weight is 381 g/mol. The zero-order valence-electron chi connectivity index (χ0n) is 17.4. The van der Waals surface area contributed by atoms with Crippen molar-refractivity contribution in [2.24, 2.45) is 0 Å². The minimum atomic E-state index is -1.16. The third kappa shape index (κ3) is 4.39. The molecule has 7 heteroatoms. The number of benzene rings is 1. The largest absolute Gasteiger partial charge is 0.598 e. The molecule has 0 spiro atoms. The van der Waals surface area contributed by atoms with Gasteiger partial charge in [0.25, 0.3) is 0 Å². The van der Waals surface area contributed by atoms with E-state index in [0.717, 1.165) is 16.8 Å². The van der Waals surface area contributed by atoms with E-state index in [0.29, 0.717) is 0 Å². The van der Waals surface area contributed by atoms with Gasteiger partial charge in [-0.3, -0.25) is 0 Å². The summed E-state index contributed by atoms with van der Waals surface area (Å²) in [4.78, 5) is 0. The molecule has 0 aromatic heterocycles. The van der Waals surface area contributed by atoms with Crippen LogP contribution in [0.15, 0.2) is 18.2 Å². The number of hydrogen-bond donors (Lipinski definition) is 1. The molecule has 5 nitrogen and oxygen atoms in total. The SMILES string of the molecule is COc1cc(B2OC(C)(C)C(C)(C)O2)ccc1[C@H](C)N[S@+]([O-])C(C)(C)C. The van der Waals surface area contributed by atoms with E-state index < -0.39 is 18.5 Å². The Morgan fingerprint density at radius 2 is 1.69 bits per heavy atom. The first-order valence-electron chi connectivity index (χ1n) is 9.00. The Kier molecular flexibility index (Phi) is 6.11. The molecule has 26 heavy (non-hydrogen) atoms. The molecule has 146 valence electrons. The molecule has 0 saturated carbocycles. The van der Waals surface area contributed by atoms with Gasteiger partial charge in [-0.1, -0.05) is 12.1 Å². The van der Waals surface area contributed by atoms with E-state index in [1.165, 1.54) is 0 Å². The Balaban J connectivity index is 2.23. The zero-order valence-corrected chi connectivity index (χ0v) is 18.2. The van der Waals surface area contributed by atoms with Crippen LogP contribution in [0.4, 0.5) is 0 Å². The van der Waals surface area contributed by atoms with Crippen LogP contribution in [-0.2, 0) is 20.7 Å². The molecule has 0 bridgehead atoms. The minimum absolute atomic E-state index is 0.114. The monoisotopic (exact) mass is 381 g/mol. The fourth-order valence-electron chi connectivity index (χ4n) is 2.61. The fourth-order valence-corrected chi connectivity index (χ4v) is 3.41. The van der Waals surface area contributed by atoms with Gasteiger partial charge < -0.3 is 18.6 Å². The van der Waals surface area contributed by atoms with E-state index >= 15 is 0 Å². The lowest BCUT2D eigenvalue weighted by molar-refractivity contribution is 0.00578. The molecule has 2 atom stereocenters. The third-order valence-corrected chi connectivity index (χ3v) is 6.77. The molecule has 0 amide bonds. The molecule has 1 fully saturated rings. The van der Waals surface area contributed by atoms with Gasteiger partial charge in [-0.2, -0.15) is 0 Å². The van der Waals surface area contributed by atoms with Crippen molar-refractivity contribution in [2.75, 3.05) is 7.11 Å². The van der Waals surface area contributed by atoms with Crippen molar-refractivity contribution in [3.8, 4) is 5.75 Å². The fraction of sp³-hybridized carbons (Fsp3) is 0.684. The lowest BCUT2D eigenvalue weighted by Crippen LogP contribution is -2.41. The molecule has 0 unspecified atom stereocenters.